The summed E-state index contributed by atoms with van der Waals surface area (Å²) in [7, 11) is 0. The number of hydrogen-bond donors (Lipinski definition) is 1. The van der Waals surface area contributed by atoms with Crippen LogP contribution in [0, 0.1) is 22.7 Å². The lowest BCUT2D eigenvalue weighted by atomic mass is 9.71. The number of anilines is 1. The highest BCUT2D eigenvalue weighted by molar-refractivity contribution is 5.45. The predicted octanol–water partition coefficient (Wildman–Crippen LogP) is 4.77. The van der Waals surface area contributed by atoms with Crippen LogP contribution in [0.2, 0.25) is 0 Å². The van der Waals surface area contributed by atoms with Gasteiger partial charge in [-0.25, -0.2) is 0 Å². The minimum absolute atomic E-state index is 0.448. The van der Waals surface area contributed by atoms with Crippen molar-refractivity contribution in [2.45, 2.75) is 58.9 Å². The van der Waals surface area contributed by atoms with Gasteiger partial charge in [-0.1, -0.05) is 32.9 Å². The van der Waals surface area contributed by atoms with Crippen molar-refractivity contribution in [1.82, 2.24) is 0 Å². The molecule has 1 aromatic carbocycles. The van der Waals surface area contributed by atoms with Crippen LogP contribution in [-0.4, -0.2) is 6.04 Å². The van der Waals surface area contributed by atoms with E-state index in [4.69, 9.17) is 5.26 Å². The maximum absolute atomic E-state index is 8.67. The molecule has 0 spiro atoms. The van der Waals surface area contributed by atoms with Crippen LogP contribution in [0.5, 0.6) is 0 Å². The fourth-order valence-corrected chi connectivity index (χ4v) is 3.15. The summed E-state index contributed by atoms with van der Waals surface area (Å²) >= 11 is 0. The Morgan fingerprint density at radius 3 is 2.20 bits per heavy atom. The molecule has 0 bridgehead atoms. The molecule has 108 valence electrons. The molecule has 2 heteroatoms. The van der Waals surface area contributed by atoms with Crippen molar-refractivity contribution in [2.24, 2.45) is 11.3 Å². The molecule has 0 amide bonds. The first-order valence-corrected chi connectivity index (χ1v) is 7.71. The molecule has 1 aromatic rings. The summed E-state index contributed by atoms with van der Waals surface area (Å²) in [6, 6.07) is 11.1. The van der Waals surface area contributed by atoms with E-state index in [9.17, 15) is 0 Å². The molecule has 1 fully saturated rings. The number of nitrogens with zero attached hydrogens (tertiary/aromatic N) is 1. The zero-order valence-corrected chi connectivity index (χ0v) is 12.9. The number of nitrogens with one attached hydrogen (secondary N) is 1. The lowest BCUT2D eigenvalue weighted by Crippen LogP contribution is -2.31. The van der Waals surface area contributed by atoms with E-state index in [-0.39, 0.29) is 0 Å². The molecule has 0 aliphatic heterocycles. The summed E-state index contributed by atoms with van der Waals surface area (Å²) in [5.41, 5.74) is 2.73. The topological polar surface area (TPSA) is 35.8 Å². The van der Waals surface area contributed by atoms with E-state index in [0.717, 1.165) is 11.5 Å². The molecule has 1 aliphatic carbocycles. The summed E-state index contributed by atoms with van der Waals surface area (Å²) in [5.74, 6) is 0.860. The number of nitriles is 1. The second-order valence-corrected chi connectivity index (χ2v) is 7.09. The van der Waals surface area contributed by atoms with Crippen LogP contribution in [0.4, 0.5) is 5.69 Å². The number of rotatable bonds is 3. The first-order valence-electron chi connectivity index (χ1n) is 7.71. The van der Waals surface area contributed by atoms with Crippen molar-refractivity contribution in [3.8, 4) is 6.07 Å². The van der Waals surface area contributed by atoms with Crippen molar-refractivity contribution in [3.05, 3.63) is 29.8 Å². The van der Waals surface area contributed by atoms with Crippen LogP contribution in [0.25, 0.3) is 0 Å². The van der Waals surface area contributed by atoms with Gasteiger partial charge >= 0.3 is 0 Å². The van der Waals surface area contributed by atoms with Gasteiger partial charge in [-0.2, -0.15) is 5.26 Å². The fraction of sp³-hybridized carbons (Fsp3) is 0.611. The smallest absolute Gasteiger partial charge is 0.0669 e. The molecule has 0 aromatic heterocycles. The molecule has 1 N–H and O–H groups in total. The van der Waals surface area contributed by atoms with Gasteiger partial charge in [0.2, 0.25) is 0 Å². The van der Waals surface area contributed by atoms with E-state index in [1.165, 1.54) is 31.4 Å². The minimum atomic E-state index is 0.448. The summed E-state index contributed by atoms with van der Waals surface area (Å²) in [6.45, 7) is 7.08. The van der Waals surface area contributed by atoms with Crippen molar-refractivity contribution >= 4 is 5.69 Å². The molecule has 0 atom stereocenters. The quantitative estimate of drug-likeness (QED) is 0.858. The Morgan fingerprint density at radius 2 is 1.70 bits per heavy atom. The van der Waals surface area contributed by atoms with E-state index >= 15 is 0 Å². The Labute approximate surface area is 123 Å². The van der Waals surface area contributed by atoms with Gasteiger partial charge in [-0.15, -0.1) is 0 Å². The van der Waals surface area contributed by atoms with Gasteiger partial charge < -0.3 is 5.32 Å². The van der Waals surface area contributed by atoms with E-state index in [0.29, 0.717) is 17.9 Å². The molecule has 1 saturated carbocycles. The maximum Gasteiger partial charge on any atom is 0.0669 e. The summed E-state index contributed by atoms with van der Waals surface area (Å²) < 4.78 is 0. The fourth-order valence-electron chi connectivity index (χ4n) is 3.15. The highest BCUT2D eigenvalue weighted by atomic mass is 14.9. The van der Waals surface area contributed by atoms with Crippen LogP contribution >= 0.6 is 0 Å². The molecule has 0 radical (unpaired) electrons. The van der Waals surface area contributed by atoms with Gasteiger partial charge in [-0.3, -0.25) is 0 Å². The molecule has 1 aliphatic rings. The first-order chi connectivity index (χ1) is 9.49. The molecule has 2 rings (SSSR count). The molecule has 0 unspecified atom stereocenters. The Balaban J connectivity index is 1.85. The second kappa shape index (κ2) is 6.31. The van der Waals surface area contributed by atoms with Gasteiger partial charge in [0.1, 0.15) is 0 Å². The van der Waals surface area contributed by atoms with Crippen LogP contribution < -0.4 is 5.32 Å². The second-order valence-electron chi connectivity index (χ2n) is 7.09. The highest BCUT2D eigenvalue weighted by Gasteiger charge is 2.29. The van der Waals surface area contributed by atoms with E-state index in [2.05, 4.69) is 44.3 Å². The van der Waals surface area contributed by atoms with Gasteiger partial charge in [0.25, 0.3) is 0 Å². The highest BCUT2D eigenvalue weighted by Crippen LogP contribution is 2.38. The third-order valence-corrected chi connectivity index (χ3v) is 4.56. The number of benzene rings is 1. The van der Waals surface area contributed by atoms with Gasteiger partial charge in [0.05, 0.1) is 12.5 Å². The van der Waals surface area contributed by atoms with Crippen molar-refractivity contribution in [1.29, 1.82) is 5.26 Å². The monoisotopic (exact) mass is 270 g/mol. The first kappa shape index (κ1) is 14.9. The van der Waals surface area contributed by atoms with Crippen molar-refractivity contribution < 1.29 is 0 Å². The van der Waals surface area contributed by atoms with Crippen molar-refractivity contribution in [3.63, 3.8) is 0 Å². The predicted molar refractivity (Wildman–Crippen MR) is 84.6 cm³/mol. The Bertz CT molecular complexity index is 454. The van der Waals surface area contributed by atoms with Gasteiger partial charge in [0, 0.05) is 11.7 Å². The largest absolute Gasteiger partial charge is 0.382 e. The lowest BCUT2D eigenvalue weighted by molar-refractivity contribution is 0.173. The molecule has 0 heterocycles. The van der Waals surface area contributed by atoms with E-state index in [1.54, 1.807) is 0 Å². The van der Waals surface area contributed by atoms with Crippen LogP contribution in [0.1, 0.15) is 52.0 Å². The zero-order chi connectivity index (χ0) is 14.6. The van der Waals surface area contributed by atoms with Gasteiger partial charge in [-0.05, 0) is 54.7 Å². The standard InChI is InChI=1S/C18H26N2/c1-18(2,3)15-6-10-17(11-7-15)20-16-8-4-14(5-9-16)12-13-19/h4-5,8-9,15,17,20H,6-7,10-12H2,1-3H3. The molecule has 2 nitrogen and oxygen atoms in total. The Hall–Kier alpha value is -1.49. The molecular weight excluding hydrogens is 244 g/mol. The molecule has 0 saturated heterocycles. The van der Waals surface area contributed by atoms with Crippen LogP contribution in [-0.2, 0) is 6.42 Å². The van der Waals surface area contributed by atoms with Crippen LogP contribution in [0.15, 0.2) is 24.3 Å². The van der Waals surface area contributed by atoms with Crippen molar-refractivity contribution in [2.75, 3.05) is 5.32 Å². The normalized spacial score (nSPS) is 23.1. The minimum Gasteiger partial charge on any atom is -0.382 e. The SMILES string of the molecule is CC(C)(C)C1CCC(Nc2ccc(CC#N)cc2)CC1. The maximum atomic E-state index is 8.67. The summed E-state index contributed by atoms with van der Waals surface area (Å²) in [4.78, 5) is 0. The Kier molecular flexibility index (Phi) is 4.70. The third kappa shape index (κ3) is 4.00. The number of hydrogen-bond acceptors (Lipinski definition) is 2. The molecule has 20 heavy (non-hydrogen) atoms. The average Bonchev–Trinajstić information content (AvgIpc) is 2.41. The zero-order valence-electron chi connectivity index (χ0n) is 12.9. The third-order valence-electron chi connectivity index (χ3n) is 4.56. The summed E-state index contributed by atoms with van der Waals surface area (Å²) in [6.07, 6.45) is 5.68. The van der Waals surface area contributed by atoms with Crippen LogP contribution in [0.3, 0.4) is 0 Å². The van der Waals surface area contributed by atoms with E-state index in [1.807, 2.05) is 12.1 Å². The van der Waals surface area contributed by atoms with Gasteiger partial charge in [0.15, 0.2) is 0 Å². The average molecular weight is 270 g/mol. The van der Waals surface area contributed by atoms with E-state index < -0.39 is 0 Å². The molecular formula is C18H26N2. The summed E-state index contributed by atoms with van der Waals surface area (Å²) in [5, 5.41) is 12.3. The lowest BCUT2D eigenvalue weighted by Gasteiger charge is -2.37. The Morgan fingerprint density at radius 1 is 1.10 bits per heavy atom.